The third-order valence-corrected chi connectivity index (χ3v) is 6.33. The Kier molecular flexibility index (Phi) is 5.04. The first-order valence-corrected chi connectivity index (χ1v) is 10.1. The zero-order valence-electron chi connectivity index (χ0n) is 14.7. The first kappa shape index (κ1) is 16.6. The molecule has 128 valence electrons. The Balaban J connectivity index is 1.58. The number of pyridine rings is 1. The molecule has 1 aliphatic rings. The first-order valence-electron chi connectivity index (χ1n) is 9.09. The van der Waals surface area contributed by atoms with Crippen molar-refractivity contribution in [2.24, 2.45) is 5.92 Å². The lowest BCUT2D eigenvalue weighted by molar-refractivity contribution is 0.408. The number of thioether (sulfide) groups is 1. The summed E-state index contributed by atoms with van der Waals surface area (Å²) in [5.41, 5.74) is 4.87. The molecule has 1 N–H and O–H groups in total. The summed E-state index contributed by atoms with van der Waals surface area (Å²) in [6.07, 6.45) is 4.55. The molecule has 0 spiro atoms. The zero-order chi connectivity index (χ0) is 17.1. The second-order valence-electron chi connectivity index (χ2n) is 6.91. The molecule has 0 unspecified atom stereocenters. The van der Waals surface area contributed by atoms with E-state index in [0.29, 0.717) is 0 Å². The number of nitrogens with zero attached hydrogens (tertiary/aromatic N) is 1. The van der Waals surface area contributed by atoms with E-state index in [4.69, 9.17) is 0 Å². The van der Waals surface area contributed by atoms with Crippen molar-refractivity contribution in [2.75, 3.05) is 18.8 Å². The van der Waals surface area contributed by atoms with Gasteiger partial charge in [0.15, 0.2) is 0 Å². The van der Waals surface area contributed by atoms with Crippen LogP contribution in [0.2, 0.25) is 0 Å². The van der Waals surface area contributed by atoms with Gasteiger partial charge in [0.1, 0.15) is 0 Å². The summed E-state index contributed by atoms with van der Waals surface area (Å²) in [6, 6.07) is 17.6. The molecule has 1 fully saturated rings. The zero-order valence-corrected chi connectivity index (χ0v) is 15.5. The molecular formula is C22H24N2S. The lowest BCUT2D eigenvalue weighted by Gasteiger charge is -2.22. The molecule has 3 heteroatoms. The Morgan fingerprint density at radius 1 is 1.00 bits per heavy atom. The molecule has 1 aliphatic heterocycles. The minimum absolute atomic E-state index is 0.835. The van der Waals surface area contributed by atoms with Gasteiger partial charge in [0.25, 0.3) is 0 Å². The van der Waals surface area contributed by atoms with E-state index in [9.17, 15) is 0 Å². The Morgan fingerprint density at radius 3 is 2.56 bits per heavy atom. The third kappa shape index (κ3) is 3.88. The van der Waals surface area contributed by atoms with E-state index in [2.05, 4.69) is 65.8 Å². The van der Waals surface area contributed by atoms with Crippen LogP contribution in [0, 0.1) is 12.8 Å². The van der Waals surface area contributed by atoms with E-state index in [1.165, 1.54) is 58.7 Å². The van der Waals surface area contributed by atoms with Gasteiger partial charge >= 0.3 is 0 Å². The van der Waals surface area contributed by atoms with Crippen molar-refractivity contribution in [1.29, 1.82) is 0 Å². The fraction of sp³-hybridized carbons (Fsp3) is 0.318. The Bertz CT molecular complexity index is 852. The average molecular weight is 349 g/mol. The van der Waals surface area contributed by atoms with Crippen LogP contribution in [-0.4, -0.2) is 23.8 Å². The van der Waals surface area contributed by atoms with Gasteiger partial charge in [-0.1, -0.05) is 42.0 Å². The molecule has 0 amide bonds. The van der Waals surface area contributed by atoms with Crippen LogP contribution in [0.1, 0.15) is 18.4 Å². The lowest BCUT2D eigenvalue weighted by atomic mass is 10.0. The molecule has 2 heterocycles. The van der Waals surface area contributed by atoms with Crippen LogP contribution in [0.15, 0.2) is 59.6 Å². The van der Waals surface area contributed by atoms with Gasteiger partial charge in [-0.2, -0.15) is 0 Å². The lowest BCUT2D eigenvalue weighted by Crippen LogP contribution is -2.28. The molecule has 25 heavy (non-hydrogen) atoms. The summed E-state index contributed by atoms with van der Waals surface area (Å²) < 4.78 is 0. The molecule has 1 aromatic heterocycles. The van der Waals surface area contributed by atoms with Crippen LogP contribution >= 0.6 is 11.8 Å². The van der Waals surface area contributed by atoms with Crippen LogP contribution in [0.25, 0.3) is 22.0 Å². The van der Waals surface area contributed by atoms with Crippen LogP contribution in [0.3, 0.4) is 0 Å². The maximum atomic E-state index is 4.62. The number of piperidine rings is 1. The number of hydrogen-bond donors (Lipinski definition) is 1. The summed E-state index contributed by atoms with van der Waals surface area (Å²) in [7, 11) is 0. The van der Waals surface area contributed by atoms with Gasteiger partial charge in [-0.15, -0.1) is 11.8 Å². The van der Waals surface area contributed by atoms with Gasteiger partial charge in [-0.25, -0.2) is 0 Å². The molecule has 4 rings (SSSR count). The molecule has 1 saturated heterocycles. The van der Waals surface area contributed by atoms with Gasteiger partial charge in [0.05, 0.1) is 5.52 Å². The quantitative estimate of drug-likeness (QED) is 0.648. The smallest absolute Gasteiger partial charge is 0.0719 e. The summed E-state index contributed by atoms with van der Waals surface area (Å²) in [5, 5.41) is 4.72. The molecule has 0 radical (unpaired) electrons. The monoisotopic (exact) mass is 348 g/mol. The molecule has 3 aromatic rings. The third-order valence-electron chi connectivity index (χ3n) is 5.02. The predicted molar refractivity (Wildman–Crippen MR) is 108 cm³/mol. The number of hydrogen-bond acceptors (Lipinski definition) is 3. The van der Waals surface area contributed by atoms with Crippen LogP contribution in [0.5, 0.6) is 0 Å². The minimum Gasteiger partial charge on any atom is -0.317 e. The number of fused-ring (bicyclic) bond motifs is 1. The molecule has 0 atom stereocenters. The van der Waals surface area contributed by atoms with Crippen molar-refractivity contribution >= 4 is 22.7 Å². The highest BCUT2D eigenvalue weighted by molar-refractivity contribution is 7.99. The average Bonchev–Trinajstić information content (AvgIpc) is 2.67. The number of aryl methyl sites for hydroxylation is 1. The molecule has 0 aliphatic carbocycles. The molecule has 0 saturated carbocycles. The Labute approximate surface area is 154 Å². The van der Waals surface area contributed by atoms with Crippen molar-refractivity contribution in [3.8, 4) is 11.1 Å². The van der Waals surface area contributed by atoms with Crippen LogP contribution < -0.4 is 5.32 Å². The van der Waals surface area contributed by atoms with E-state index in [0.717, 1.165) is 11.4 Å². The predicted octanol–water partition coefficient (Wildman–Crippen LogP) is 5.30. The Morgan fingerprint density at radius 2 is 1.76 bits per heavy atom. The number of aromatic nitrogens is 1. The summed E-state index contributed by atoms with van der Waals surface area (Å²) in [6.45, 7) is 4.46. The fourth-order valence-corrected chi connectivity index (χ4v) is 4.66. The van der Waals surface area contributed by atoms with Crippen LogP contribution in [-0.2, 0) is 0 Å². The minimum atomic E-state index is 0.835. The number of benzene rings is 2. The van der Waals surface area contributed by atoms with Crippen molar-refractivity contribution in [2.45, 2.75) is 24.7 Å². The van der Waals surface area contributed by atoms with Crippen molar-refractivity contribution in [3.63, 3.8) is 0 Å². The normalized spacial score (nSPS) is 15.6. The molecule has 0 bridgehead atoms. The van der Waals surface area contributed by atoms with E-state index in [1.54, 1.807) is 0 Å². The highest BCUT2D eigenvalue weighted by Gasteiger charge is 2.14. The summed E-state index contributed by atoms with van der Waals surface area (Å²) in [5.74, 6) is 2.04. The standard InChI is InChI=1S/C22H24N2S/c1-16-2-4-18(5-3-16)19-6-7-20-21(14-19)24-13-10-22(20)25-15-17-8-11-23-12-9-17/h2-7,10,13-14,17,23H,8-9,11-12,15H2,1H3. The van der Waals surface area contributed by atoms with Gasteiger partial charge in [0.2, 0.25) is 0 Å². The van der Waals surface area contributed by atoms with Gasteiger partial charge < -0.3 is 5.32 Å². The van der Waals surface area contributed by atoms with Crippen molar-refractivity contribution in [3.05, 3.63) is 60.3 Å². The fourth-order valence-electron chi connectivity index (χ4n) is 3.43. The van der Waals surface area contributed by atoms with E-state index >= 15 is 0 Å². The van der Waals surface area contributed by atoms with Crippen LogP contribution in [0.4, 0.5) is 0 Å². The maximum Gasteiger partial charge on any atom is 0.0719 e. The SMILES string of the molecule is Cc1ccc(-c2ccc3c(SCC4CCNCC4)ccnc3c2)cc1. The summed E-state index contributed by atoms with van der Waals surface area (Å²) >= 11 is 1.99. The largest absolute Gasteiger partial charge is 0.317 e. The molecule has 2 aromatic carbocycles. The number of nitrogens with one attached hydrogen (secondary N) is 1. The second kappa shape index (κ2) is 7.59. The maximum absolute atomic E-state index is 4.62. The Hall–Kier alpha value is -1.84. The topological polar surface area (TPSA) is 24.9 Å². The highest BCUT2D eigenvalue weighted by atomic mass is 32.2. The van der Waals surface area contributed by atoms with Crippen molar-refractivity contribution in [1.82, 2.24) is 10.3 Å². The second-order valence-corrected chi connectivity index (χ2v) is 7.97. The highest BCUT2D eigenvalue weighted by Crippen LogP contribution is 2.32. The van der Waals surface area contributed by atoms with E-state index in [1.807, 2.05) is 18.0 Å². The molecular weight excluding hydrogens is 324 g/mol. The van der Waals surface area contributed by atoms with E-state index < -0.39 is 0 Å². The van der Waals surface area contributed by atoms with E-state index in [-0.39, 0.29) is 0 Å². The van der Waals surface area contributed by atoms with Gasteiger partial charge in [-0.05, 0) is 62.0 Å². The van der Waals surface area contributed by atoms with Crippen molar-refractivity contribution < 1.29 is 0 Å². The van der Waals surface area contributed by atoms with Gasteiger partial charge in [0, 0.05) is 22.2 Å². The summed E-state index contributed by atoms with van der Waals surface area (Å²) in [4.78, 5) is 5.98. The first-order chi connectivity index (χ1) is 12.3. The molecule has 2 nitrogen and oxygen atoms in total. The number of rotatable bonds is 4. The van der Waals surface area contributed by atoms with Gasteiger partial charge in [-0.3, -0.25) is 4.98 Å².